The first-order valence-corrected chi connectivity index (χ1v) is 10.5. The van der Waals surface area contributed by atoms with Crippen LogP contribution in [-0.4, -0.2) is 55.8 Å². The van der Waals surface area contributed by atoms with Crippen molar-refractivity contribution in [3.63, 3.8) is 0 Å². The number of piperazine rings is 1. The summed E-state index contributed by atoms with van der Waals surface area (Å²) in [6, 6.07) is 7.95. The van der Waals surface area contributed by atoms with Gasteiger partial charge in [0.05, 0.1) is 9.95 Å². The highest BCUT2D eigenvalue weighted by Gasteiger charge is 2.32. The summed E-state index contributed by atoms with van der Waals surface area (Å²) in [5, 5.41) is 11.8. The number of likely N-dealkylation sites (N-methyl/N-ethyl adjacent to an activating group) is 1. The summed E-state index contributed by atoms with van der Waals surface area (Å²) in [5.74, 6) is 0.0894. The Morgan fingerprint density at radius 1 is 1.04 bits per heavy atom. The Morgan fingerprint density at radius 2 is 1.71 bits per heavy atom. The van der Waals surface area contributed by atoms with Crippen molar-refractivity contribution < 1.29 is 18.1 Å². The highest BCUT2D eigenvalue weighted by Crippen LogP contribution is 2.37. The van der Waals surface area contributed by atoms with E-state index in [1.54, 1.807) is 6.07 Å². The zero-order valence-electron chi connectivity index (χ0n) is 14.8. The molecule has 0 aromatic heterocycles. The number of non-ortho nitro benzene ring substituents is 1. The molecule has 2 aromatic carbocycles. The van der Waals surface area contributed by atoms with Crippen molar-refractivity contribution in [2.45, 2.75) is 4.90 Å². The molecule has 0 aliphatic carbocycles. The van der Waals surface area contributed by atoms with Crippen LogP contribution in [0.25, 0.3) is 0 Å². The van der Waals surface area contributed by atoms with E-state index in [1.807, 2.05) is 11.9 Å². The topological polar surface area (TPSA) is 93.0 Å². The van der Waals surface area contributed by atoms with Gasteiger partial charge in [-0.1, -0.05) is 23.2 Å². The quantitative estimate of drug-likeness (QED) is 0.515. The number of ether oxygens (including phenoxy) is 1. The second-order valence-electron chi connectivity index (χ2n) is 6.27. The molecule has 150 valence electrons. The van der Waals surface area contributed by atoms with Gasteiger partial charge in [0.15, 0.2) is 0 Å². The molecule has 0 unspecified atom stereocenters. The number of benzene rings is 2. The van der Waals surface area contributed by atoms with E-state index < -0.39 is 14.9 Å². The molecule has 8 nitrogen and oxygen atoms in total. The minimum Gasteiger partial charge on any atom is -0.454 e. The SMILES string of the molecule is CN1CCN(S(=O)(=O)c2cc([N+](=O)[O-])ccc2Oc2cc(Cl)ccc2Cl)CC1. The number of nitro groups is 1. The summed E-state index contributed by atoms with van der Waals surface area (Å²) in [7, 11) is -2.12. The van der Waals surface area contributed by atoms with E-state index in [0.29, 0.717) is 18.1 Å². The monoisotopic (exact) mass is 445 g/mol. The molecule has 2 aromatic rings. The average molecular weight is 446 g/mol. The lowest BCUT2D eigenvalue weighted by atomic mass is 10.3. The fourth-order valence-corrected chi connectivity index (χ4v) is 4.61. The maximum absolute atomic E-state index is 13.2. The van der Waals surface area contributed by atoms with E-state index in [0.717, 1.165) is 6.07 Å². The van der Waals surface area contributed by atoms with E-state index in [-0.39, 0.29) is 40.2 Å². The van der Waals surface area contributed by atoms with Gasteiger partial charge in [0.25, 0.3) is 5.69 Å². The van der Waals surface area contributed by atoms with Crippen molar-refractivity contribution in [3.8, 4) is 11.5 Å². The van der Waals surface area contributed by atoms with E-state index in [9.17, 15) is 18.5 Å². The molecular weight excluding hydrogens is 429 g/mol. The molecule has 28 heavy (non-hydrogen) atoms. The number of nitro benzene ring substituents is 1. The summed E-state index contributed by atoms with van der Waals surface area (Å²) in [6.45, 7) is 1.67. The number of sulfonamides is 1. The average Bonchev–Trinajstić information content (AvgIpc) is 2.65. The molecule has 0 radical (unpaired) electrons. The van der Waals surface area contributed by atoms with Crippen LogP contribution < -0.4 is 4.74 Å². The molecule has 11 heteroatoms. The first-order valence-electron chi connectivity index (χ1n) is 8.28. The molecule has 1 saturated heterocycles. The molecular formula is C17H17Cl2N3O5S. The maximum atomic E-state index is 13.2. The van der Waals surface area contributed by atoms with Gasteiger partial charge in [0.1, 0.15) is 16.4 Å². The largest absolute Gasteiger partial charge is 0.454 e. The molecule has 1 aliphatic rings. The first-order chi connectivity index (χ1) is 13.2. The summed E-state index contributed by atoms with van der Waals surface area (Å²) in [6.07, 6.45) is 0. The Labute approximate surface area is 172 Å². The Morgan fingerprint density at radius 3 is 2.36 bits per heavy atom. The highest BCUT2D eigenvalue weighted by atomic mass is 35.5. The van der Waals surface area contributed by atoms with Crippen LogP contribution in [0.5, 0.6) is 11.5 Å². The summed E-state index contributed by atoms with van der Waals surface area (Å²) >= 11 is 12.1. The molecule has 0 amide bonds. The third kappa shape index (κ3) is 4.39. The highest BCUT2D eigenvalue weighted by molar-refractivity contribution is 7.89. The van der Waals surface area contributed by atoms with Crippen LogP contribution in [0.1, 0.15) is 0 Å². The molecule has 0 N–H and O–H groups in total. The molecule has 0 spiro atoms. The fraction of sp³-hybridized carbons (Fsp3) is 0.294. The number of halogens is 2. The molecule has 3 rings (SSSR count). The Balaban J connectivity index is 2.06. The van der Waals surface area contributed by atoms with E-state index >= 15 is 0 Å². The molecule has 0 saturated carbocycles. The Hall–Kier alpha value is -1.91. The van der Waals surface area contributed by atoms with Crippen LogP contribution in [0, 0.1) is 10.1 Å². The minimum absolute atomic E-state index is 0.0614. The summed E-state index contributed by atoms with van der Waals surface area (Å²) in [5.41, 5.74) is -0.350. The van der Waals surface area contributed by atoms with E-state index in [2.05, 4.69) is 0 Å². The molecule has 0 bridgehead atoms. The zero-order valence-corrected chi connectivity index (χ0v) is 17.2. The number of hydrogen-bond acceptors (Lipinski definition) is 6. The first kappa shape index (κ1) is 20.8. The van der Waals surface area contributed by atoms with Gasteiger partial charge in [-0.05, 0) is 25.2 Å². The van der Waals surface area contributed by atoms with E-state index in [4.69, 9.17) is 27.9 Å². The molecule has 1 fully saturated rings. The van der Waals surface area contributed by atoms with Gasteiger partial charge in [0.2, 0.25) is 10.0 Å². The second-order valence-corrected chi connectivity index (χ2v) is 9.02. The minimum atomic E-state index is -4.01. The number of hydrogen-bond donors (Lipinski definition) is 0. The smallest absolute Gasteiger partial charge is 0.271 e. The van der Waals surface area contributed by atoms with Gasteiger partial charge in [-0.3, -0.25) is 10.1 Å². The normalized spacial score (nSPS) is 16.1. The van der Waals surface area contributed by atoms with Crippen LogP contribution in [0.4, 0.5) is 5.69 Å². The predicted octanol–water partition coefficient (Wildman–Crippen LogP) is 3.63. The van der Waals surface area contributed by atoms with Crippen molar-refractivity contribution in [1.29, 1.82) is 0 Å². The van der Waals surface area contributed by atoms with Gasteiger partial charge in [-0.15, -0.1) is 0 Å². The van der Waals surface area contributed by atoms with Crippen LogP contribution in [0.15, 0.2) is 41.3 Å². The third-order valence-electron chi connectivity index (χ3n) is 4.33. The number of nitrogens with zero attached hydrogens (tertiary/aromatic N) is 3. The van der Waals surface area contributed by atoms with Crippen LogP contribution in [0.2, 0.25) is 10.0 Å². The van der Waals surface area contributed by atoms with Crippen LogP contribution in [-0.2, 0) is 10.0 Å². The molecule has 1 aliphatic heterocycles. The lowest BCUT2D eigenvalue weighted by molar-refractivity contribution is -0.385. The van der Waals surface area contributed by atoms with Crippen molar-refractivity contribution >= 4 is 38.9 Å². The lowest BCUT2D eigenvalue weighted by Crippen LogP contribution is -2.47. The maximum Gasteiger partial charge on any atom is 0.271 e. The van der Waals surface area contributed by atoms with Gasteiger partial charge in [-0.25, -0.2) is 8.42 Å². The van der Waals surface area contributed by atoms with Gasteiger partial charge in [0, 0.05) is 49.4 Å². The summed E-state index contributed by atoms with van der Waals surface area (Å²) < 4.78 is 33.3. The zero-order chi connectivity index (χ0) is 20.5. The third-order valence-corrected chi connectivity index (χ3v) is 6.80. The van der Waals surface area contributed by atoms with E-state index in [1.165, 1.54) is 28.6 Å². The van der Waals surface area contributed by atoms with Crippen molar-refractivity contribution in [1.82, 2.24) is 9.21 Å². The standard InChI is InChI=1S/C17H17Cl2N3O5S/c1-20-6-8-21(9-7-20)28(25,26)17-11-13(22(23)24)3-5-15(17)27-16-10-12(18)2-4-14(16)19/h2-5,10-11H,6-9H2,1H3. The Kier molecular flexibility index (Phi) is 6.11. The lowest BCUT2D eigenvalue weighted by Gasteiger charge is -2.31. The van der Waals surface area contributed by atoms with Gasteiger partial charge in [-0.2, -0.15) is 4.31 Å². The summed E-state index contributed by atoms with van der Waals surface area (Å²) in [4.78, 5) is 12.2. The predicted molar refractivity (Wildman–Crippen MR) is 106 cm³/mol. The van der Waals surface area contributed by atoms with Gasteiger partial charge < -0.3 is 9.64 Å². The molecule has 1 heterocycles. The Bertz CT molecular complexity index is 1010. The van der Waals surface area contributed by atoms with Crippen molar-refractivity contribution in [2.75, 3.05) is 33.2 Å². The van der Waals surface area contributed by atoms with Crippen molar-refractivity contribution in [3.05, 3.63) is 56.6 Å². The number of rotatable bonds is 5. The van der Waals surface area contributed by atoms with Crippen LogP contribution in [0.3, 0.4) is 0 Å². The van der Waals surface area contributed by atoms with Crippen LogP contribution >= 0.6 is 23.2 Å². The molecule has 0 atom stereocenters. The second kappa shape index (κ2) is 8.22. The van der Waals surface area contributed by atoms with Gasteiger partial charge >= 0.3 is 0 Å². The fourth-order valence-electron chi connectivity index (χ4n) is 2.74. The van der Waals surface area contributed by atoms with Crippen molar-refractivity contribution in [2.24, 2.45) is 0 Å².